The first kappa shape index (κ1) is 21.0. The van der Waals surface area contributed by atoms with Crippen molar-refractivity contribution in [2.24, 2.45) is 0 Å². The third-order valence-corrected chi connectivity index (χ3v) is 3.30. The number of amides is 1. The molecule has 0 atom stereocenters. The lowest BCUT2D eigenvalue weighted by atomic mass is 10.2. The maximum absolute atomic E-state index is 12.9. The Balaban J connectivity index is 0.00000312. The van der Waals surface area contributed by atoms with Crippen LogP contribution in [0.1, 0.15) is 29.4 Å². The van der Waals surface area contributed by atoms with Gasteiger partial charge >= 0.3 is 6.18 Å². The average Bonchev–Trinajstić information content (AvgIpc) is 3.04. The Bertz CT molecular complexity index is 688. The van der Waals surface area contributed by atoms with Crippen LogP contribution in [0.3, 0.4) is 0 Å². The first-order valence-corrected chi connectivity index (χ1v) is 7.64. The molecule has 0 spiro atoms. The molecule has 138 valence electrons. The second kappa shape index (κ2) is 9.43. The van der Waals surface area contributed by atoms with Crippen LogP contribution in [0.15, 0.2) is 36.5 Å². The van der Waals surface area contributed by atoms with E-state index < -0.39 is 11.9 Å². The van der Waals surface area contributed by atoms with Crippen molar-refractivity contribution in [1.82, 2.24) is 20.4 Å². The number of carbonyl (C=O) groups excluding carboxylic acids is 1. The van der Waals surface area contributed by atoms with Crippen LogP contribution in [-0.2, 0) is 6.18 Å². The van der Waals surface area contributed by atoms with E-state index in [0.717, 1.165) is 29.9 Å². The summed E-state index contributed by atoms with van der Waals surface area (Å²) in [5.74, 6) is -0.337. The highest BCUT2D eigenvalue weighted by molar-refractivity contribution is 5.94. The van der Waals surface area contributed by atoms with E-state index >= 15 is 0 Å². The highest BCUT2D eigenvalue weighted by atomic mass is 35.5. The van der Waals surface area contributed by atoms with Crippen molar-refractivity contribution in [2.75, 3.05) is 19.6 Å². The number of halogens is 4. The zero-order chi connectivity index (χ0) is 17.6. The minimum atomic E-state index is -4.51. The largest absolute Gasteiger partial charge is 0.433 e. The van der Waals surface area contributed by atoms with E-state index in [0.29, 0.717) is 13.1 Å². The molecule has 1 aromatic heterocycles. The Hall–Kier alpha value is -2.06. The Morgan fingerprint density at radius 1 is 1.20 bits per heavy atom. The number of hydrogen-bond donors (Lipinski definition) is 2. The highest BCUT2D eigenvalue weighted by Gasteiger charge is 2.35. The molecule has 0 saturated heterocycles. The molecule has 0 bridgehead atoms. The first-order chi connectivity index (χ1) is 11.4. The molecule has 2 N–H and O–H groups in total. The van der Waals surface area contributed by atoms with E-state index in [1.165, 1.54) is 18.2 Å². The number of hydrogen-bond acceptors (Lipinski definition) is 3. The van der Waals surface area contributed by atoms with Crippen molar-refractivity contribution in [2.45, 2.75) is 19.5 Å². The lowest BCUT2D eigenvalue weighted by molar-refractivity contribution is -0.142. The van der Waals surface area contributed by atoms with Gasteiger partial charge in [-0.1, -0.05) is 13.0 Å². The maximum Gasteiger partial charge on any atom is 0.433 e. The molecule has 1 aromatic carbocycles. The smallest absolute Gasteiger partial charge is 0.351 e. The fraction of sp³-hybridized carbons (Fsp3) is 0.375. The Morgan fingerprint density at radius 2 is 1.96 bits per heavy atom. The van der Waals surface area contributed by atoms with E-state index in [9.17, 15) is 18.0 Å². The normalized spacial score (nSPS) is 11.0. The number of aromatic nitrogens is 2. The van der Waals surface area contributed by atoms with Crippen molar-refractivity contribution in [3.63, 3.8) is 0 Å². The summed E-state index contributed by atoms with van der Waals surface area (Å²) in [6, 6.07) is 6.83. The molecule has 5 nitrogen and oxygen atoms in total. The zero-order valence-electron chi connectivity index (χ0n) is 13.6. The van der Waals surface area contributed by atoms with Gasteiger partial charge in [-0.2, -0.15) is 18.3 Å². The summed E-state index contributed by atoms with van der Waals surface area (Å²) in [5.41, 5.74) is -0.417. The quantitative estimate of drug-likeness (QED) is 0.730. The summed E-state index contributed by atoms with van der Waals surface area (Å²) in [6.07, 6.45) is -2.43. The van der Waals surface area contributed by atoms with Crippen LogP contribution < -0.4 is 10.6 Å². The SMILES string of the molecule is CCCNCCNC(=O)c1cccc(-n2nccc2C(F)(F)F)c1.Cl. The number of benzene rings is 1. The number of carbonyl (C=O) groups is 1. The molecule has 0 radical (unpaired) electrons. The second-order valence-corrected chi connectivity index (χ2v) is 5.18. The molecule has 0 aliphatic heterocycles. The standard InChI is InChI=1S/C16H19F3N4O.ClH/c1-2-7-20-9-10-21-15(24)12-4-3-5-13(11-12)23-14(6-8-22-23)16(17,18)19;/h3-6,8,11,20H,2,7,9-10H2,1H3,(H,21,24);1H. The number of rotatable bonds is 7. The van der Waals surface area contributed by atoms with Crippen molar-refractivity contribution >= 4 is 18.3 Å². The molecule has 9 heteroatoms. The minimum Gasteiger partial charge on any atom is -0.351 e. The summed E-state index contributed by atoms with van der Waals surface area (Å²) in [5, 5.41) is 9.57. The fourth-order valence-electron chi connectivity index (χ4n) is 2.17. The molecule has 2 aromatic rings. The van der Waals surface area contributed by atoms with E-state index in [2.05, 4.69) is 15.7 Å². The van der Waals surface area contributed by atoms with Crippen LogP contribution >= 0.6 is 12.4 Å². The van der Waals surface area contributed by atoms with Gasteiger partial charge in [0.15, 0.2) is 0 Å². The number of alkyl halides is 3. The van der Waals surface area contributed by atoms with Crippen molar-refractivity contribution in [3.8, 4) is 5.69 Å². The van der Waals surface area contributed by atoms with E-state index in [4.69, 9.17) is 0 Å². The predicted octanol–water partition coefficient (Wildman–Crippen LogP) is 3.04. The Kier molecular flexibility index (Phi) is 7.92. The summed E-state index contributed by atoms with van der Waals surface area (Å²) in [6.45, 7) is 3.99. The van der Waals surface area contributed by atoms with Gasteiger partial charge in [-0.3, -0.25) is 4.79 Å². The molecular weight excluding hydrogens is 357 g/mol. The first-order valence-electron chi connectivity index (χ1n) is 7.64. The van der Waals surface area contributed by atoms with Gasteiger partial charge < -0.3 is 10.6 Å². The second-order valence-electron chi connectivity index (χ2n) is 5.18. The lowest BCUT2D eigenvalue weighted by Crippen LogP contribution is -2.32. The van der Waals surface area contributed by atoms with Crippen LogP contribution in [0, 0.1) is 0 Å². The summed E-state index contributed by atoms with van der Waals surface area (Å²) in [4.78, 5) is 12.1. The molecule has 0 aliphatic carbocycles. The van der Waals surface area contributed by atoms with E-state index in [1.54, 1.807) is 6.07 Å². The van der Waals surface area contributed by atoms with Gasteiger partial charge in [-0.05, 0) is 37.2 Å². The topological polar surface area (TPSA) is 58.9 Å². The molecular formula is C16H20ClF3N4O. The maximum atomic E-state index is 12.9. The van der Waals surface area contributed by atoms with Crippen LogP contribution in [0.25, 0.3) is 5.69 Å². The monoisotopic (exact) mass is 376 g/mol. The zero-order valence-corrected chi connectivity index (χ0v) is 14.5. The summed E-state index contributed by atoms with van der Waals surface area (Å²) < 4.78 is 39.6. The van der Waals surface area contributed by atoms with Gasteiger partial charge in [-0.25, -0.2) is 4.68 Å². The fourth-order valence-corrected chi connectivity index (χ4v) is 2.17. The van der Waals surface area contributed by atoms with E-state index in [-0.39, 0.29) is 29.6 Å². The average molecular weight is 377 g/mol. The van der Waals surface area contributed by atoms with Gasteiger partial charge in [0.1, 0.15) is 5.69 Å². The van der Waals surface area contributed by atoms with Gasteiger partial charge in [0.2, 0.25) is 0 Å². The Morgan fingerprint density at radius 3 is 2.64 bits per heavy atom. The van der Waals surface area contributed by atoms with Gasteiger partial charge in [0, 0.05) is 18.7 Å². The van der Waals surface area contributed by atoms with Crippen LogP contribution in [0.5, 0.6) is 0 Å². The number of nitrogens with zero attached hydrogens (tertiary/aromatic N) is 2. The van der Waals surface area contributed by atoms with Gasteiger partial charge in [-0.15, -0.1) is 12.4 Å². The molecule has 25 heavy (non-hydrogen) atoms. The molecule has 0 unspecified atom stereocenters. The van der Waals surface area contributed by atoms with Crippen LogP contribution in [0.4, 0.5) is 13.2 Å². The molecule has 0 saturated carbocycles. The minimum absolute atomic E-state index is 0. The van der Waals surface area contributed by atoms with E-state index in [1.807, 2.05) is 6.92 Å². The molecule has 0 aliphatic rings. The lowest BCUT2D eigenvalue weighted by Gasteiger charge is -2.11. The van der Waals surface area contributed by atoms with Crippen molar-refractivity contribution < 1.29 is 18.0 Å². The Labute approximate surface area is 150 Å². The highest BCUT2D eigenvalue weighted by Crippen LogP contribution is 2.30. The molecule has 1 heterocycles. The molecule has 2 rings (SSSR count). The van der Waals surface area contributed by atoms with Crippen LogP contribution in [0.2, 0.25) is 0 Å². The number of nitrogens with one attached hydrogen (secondary N) is 2. The molecule has 0 fully saturated rings. The third kappa shape index (κ3) is 5.75. The third-order valence-electron chi connectivity index (χ3n) is 3.30. The summed E-state index contributed by atoms with van der Waals surface area (Å²) in [7, 11) is 0. The predicted molar refractivity (Wildman–Crippen MR) is 91.3 cm³/mol. The molecule has 1 amide bonds. The van der Waals surface area contributed by atoms with Crippen molar-refractivity contribution in [1.29, 1.82) is 0 Å². The summed E-state index contributed by atoms with van der Waals surface area (Å²) >= 11 is 0. The van der Waals surface area contributed by atoms with Crippen molar-refractivity contribution in [3.05, 3.63) is 47.8 Å². The van der Waals surface area contributed by atoms with Crippen LogP contribution in [-0.4, -0.2) is 35.3 Å². The van der Waals surface area contributed by atoms with Gasteiger partial charge in [0.25, 0.3) is 5.91 Å². The van der Waals surface area contributed by atoms with Gasteiger partial charge in [0.05, 0.1) is 11.9 Å².